The molecule has 1 aliphatic rings. The first-order valence-electron chi connectivity index (χ1n) is 6.86. The van der Waals surface area contributed by atoms with Crippen LogP contribution in [-0.4, -0.2) is 17.6 Å². The van der Waals surface area contributed by atoms with E-state index in [0.29, 0.717) is 18.4 Å². The topological polar surface area (TPSA) is 63.3 Å². The molecule has 0 aliphatic heterocycles. The van der Waals surface area contributed by atoms with E-state index in [1.165, 1.54) is 19.3 Å². The van der Waals surface area contributed by atoms with Crippen molar-refractivity contribution in [1.82, 2.24) is 0 Å². The number of hydrogen-bond acceptors (Lipinski definition) is 2. The summed E-state index contributed by atoms with van der Waals surface area (Å²) in [4.78, 5) is 11.1. The maximum absolute atomic E-state index is 11.1. The fourth-order valence-corrected chi connectivity index (χ4v) is 2.77. The molecule has 3 heteroatoms. The van der Waals surface area contributed by atoms with Crippen LogP contribution < -0.4 is 5.73 Å². The van der Waals surface area contributed by atoms with Crippen molar-refractivity contribution in [3.8, 4) is 0 Å². The third kappa shape index (κ3) is 3.70. The zero-order valence-electron chi connectivity index (χ0n) is 11.4. The Kier molecular flexibility index (Phi) is 4.99. The first-order valence-corrected chi connectivity index (χ1v) is 6.86. The number of carboxylic acids is 1. The van der Waals surface area contributed by atoms with Crippen LogP contribution in [0.1, 0.15) is 52.9 Å². The molecule has 0 aromatic heterocycles. The molecule has 0 aromatic rings. The lowest BCUT2D eigenvalue weighted by Gasteiger charge is -2.14. The monoisotopic (exact) mass is 241 g/mol. The van der Waals surface area contributed by atoms with Gasteiger partial charge >= 0.3 is 5.97 Å². The quantitative estimate of drug-likeness (QED) is 0.687. The number of hydrogen-bond donors (Lipinski definition) is 2. The van der Waals surface area contributed by atoms with Gasteiger partial charge in [-0.2, -0.15) is 0 Å². The average Bonchev–Trinajstić information content (AvgIpc) is 2.92. The highest BCUT2D eigenvalue weighted by Gasteiger charge is 2.59. The van der Waals surface area contributed by atoms with Gasteiger partial charge in [-0.15, -0.1) is 0 Å². The molecule has 0 saturated heterocycles. The summed E-state index contributed by atoms with van der Waals surface area (Å²) < 4.78 is 0. The van der Waals surface area contributed by atoms with Crippen molar-refractivity contribution in [2.24, 2.45) is 28.9 Å². The largest absolute Gasteiger partial charge is 0.481 e. The molecule has 3 nitrogen and oxygen atoms in total. The van der Waals surface area contributed by atoms with Gasteiger partial charge in [0.05, 0.1) is 5.41 Å². The van der Waals surface area contributed by atoms with E-state index in [4.69, 9.17) is 10.8 Å². The lowest BCUT2D eigenvalue weighted by molar-refractivity contribution is -0.143. The highest BCUT2D eigenvalue weighted by atomic mass is 16.4. The summed E-state index contributed by atoms with van der Waals surface area (Å²) in [5.41, 5.74) is 5.02. The molecular formula is C14H27NO2. The summed E-state index contributed by atoms with van der Waals surface area (Å²) in [6.45, 7) is 7.03. The van der Waals surface area contributed by atoms with Crippen LogP contribution in [-0.2, 0) is 4.79 Å². The van der Waals surface area contributed by atoms with Gasteiger partial charge in [0.15, 0.2) is 0 Å². The summed E-state index contributed by atoms with van der Waals surface area (Å²) in [5, 5.41) is 9.16. The average molecular weight is 241 g/mol. The van der Waals surface area contributed by atoms with Gasteiger partial charge in [0.1, 0.15) is 0 Å². The first-order chi connectivity index (χ1) is 7.92. The van der Waals surface area contributed by atoms with Crippen LogP contribution in [0.4, 0.5) is 0 Å². The Morgan fingerprint density at radius 1 is 1.41 bits per heavy atom. The van der Waals surface area contributed by atoms with Crippen LogP contribution in [0.5, 0.6) is 0 Å². The molecule has 3 unspecified atom stereocenters. The maximum Gasteiger partial charge on any atom is 0.311 e. The van der Waals surface area contributed by atoms with Gasteiger partial charge in [0.2, 0.25) is 0 Å². The number of carbonyl (C=O) groups is 1. The van der Waals surface area contributed by atoms with E-state index in [9.17, 15) is 4.79 Å². The van der Waals surface area contributed by atoms with Gasteiger partial charge in [-0.25, -0.2) is 0 Å². The van der Waals surface area contributed by atoms with Gasteiger partial charge in [-0.3, -0.25) is 4.79 Å². The molecule has 0 aromatic carbocycles. The second kappa shape index (κ2) is 5.85. The van der Waals surface area contributed by atoms with Crippen LogP contribution in [0.15, 0.2) is 0 Å². The number of aliphatic carboxylic acids is 1. The van der Waals surface area contributed by atoms with Crippen molar-refractivity contribution in [2.75, 3.05) is 6.54 Å². The Bertz CT molecular complexity index is 265. The third-order valence-electron chi connectivity index (χ3n) is 4.19. The summed E-state index contributed by atoms with van der Waals surface area (Å²) in [5.74, 6) is 1.02. The van der Waals surface area contributed by atoms with Crippen molar-refractivity contribution < 1.29 is 9.90 Å². The van der Waals surface area contributed by atoms with E-state index in [0.717, 1.165) is 18.8 Å². The van der Waals surface area contributed by atoms with Crippen molar-refractivity contribution in [3.63, 3.8) is 0 Å². The highest BCUT2D eigenvalue weighted by molar-refractivity contribution is 5.78. The predicted molar refractivity (Wildman–Crippen MR) is 69.7 cm³/mol. The van der Waals surface area contributed by atoms with E-state index in [1.54, 1.807) is 0 Å². The Hall–Kier alpha value is -0.570. The Morgan fingerprint density at radius 3 is 2.47 bits per heavy atom. The SMILES string of the molecule is CC(C)CCCC(C)CC1CC1(CN)C(=O)O. The minimum atomic E-state index is -0.695. The molecule has 17 heavy (non-hydrogen) atoms. The van der Waals surface area contributed by atoms with Gasteiger partial charge in [0.25, 0.3) is 0 Å². The lowest BCUT2D eigenvalue weighted by atomic mass is 9.92. The van der Waals surface area contributed by atoms with Gasteiger partial charge in [-0.1, -0.05) is 40.0 Å². The van der Waals surface area contributed by atoms with E-state index < -0.39 is 11.4 Å². The Labute approximate surface area is 105 Å². The molecule has 0 bridgehead atoms. The van der Waals surface area contributed by atoms with Gasteiger partial charge in [-0.05, 0) is 30.6 Å². The number of carboxylic acid groups (broad SMARTS) is 1. The molecule has 0 spiro atoms. The zero-order chi connectivity index (χ0) is 13.1. The standard InChI is InChI=1S/C14H27NO2/c1-10(2)5-4-6-11(3)7-12-8-14(12,9-15)13(16)17/h10-12H,4-9,15H2,1-3H3,(H,16,17). The molecule has 1 saturated carbocycles. The lowest BCUT2D eigenvalue weighted by Crippen LogP contribution is -2.27. The van der Waals surface area contributed by atoms with Crippen molar-refractivity contribution in [2.45, 2.75) is 52.9 Å². The van der Waals surface area contributed by atoms with Crippen LogP contribution in [0, 0.1) is 23.2 Å². The van der Waals surface area contributed by atoms with E-state index in [1.807, 2.05) is 0 Å². The first kappa shape index (κ1) is 14.5. The fourth-order valence-electron chi connectivity index (χ4n) is 2.77. The minimum absolute atomic E-state index is 0.297. The molecule has 0 heterocycles. The van der Waals surface area contributed by atoms with E-state index >= 15 is 0 Å². The smallest absolute Gasteiger partial charge is 0.311 e. The number of rotatable bonds is 8. The zero-order valence-corrected chi connectivity index (χ0v) is 11.4. The summed E-state index contributed by atoms with van der Waals surface area (Å²) >= 11 is 0. The molecule has 3 N–H and O–H groups in total. The Balaban J connectivity index is 2.25. The normalized spacial score (nSPS) is 29.4. The van der Waals surface area contributed by atoms with Gasteiger partial charge in [0, 0.05) is 6.54 Å². The van der Waals surface area contributed by atoms with Crippen molar-refractivity contribution in [1.29, 1.82) is 0 Å². The second-order valence-corrected chi connectivity index (χ2v) is 6.23. The maximum atomic E-state index is 11.1. The Morgan fingerprint density at radius 2 is 2.06 bits per heavy atom. The van der Waals surface area contributed by atoms with E-state index in [2.05, 4.69) is 20.8 Å². The molecule has 100 valence electrons. The van der Waals surface area contributed by atoms with E-state index in [-0.39, 0.29) is 0 Å². The van der Waals surface area contributed by atoms with Crippen molar-refractivity contribution in [3.05, 3.63) is 0 Å². The molecule has 3 atom stereocenters. The molecule has 0 radical (unpaired) electrons. The molecule has 1 aliphatic carbocycles. The predicted octanol–water partition coefficient (Wildman–Crippen LogP) is 2.89. The molecular weight excluding hydrogens is 214 g/mol. The van der Waals surface area contributed by atoms with Crippen LogP contribution >= 0.6 is 0 Å². The summed E-state index contributed by atoms with van der Waals surface area (Å²) in [6.07, 6.45) is 5.56. The molecule has 1 fully saturated rings. The molecule has 0 amide bonds. The van der Waals surface area contributed by atoms with Crippen molar-refractivity contribution >= 4 is 5.97 Å². The fraction of sp³-hybridized carbons (Fsp3) is 0.929. The van der Waals surface area contributed by atoms with Gasteiger partial charge < -0.3 is 10.8 Å². The highest BCUT2D eigenvalue weighted by Crippen LogP contribution is 2.55. The van der Waals surface area contributed by atoms with Crippen LogP contribution in [0.2, 0.25) is 0 Å². The third-order valence-corrected chi connectivity index (χ3v) is 4.19. The minimum Gasteiger partial charge on any atom is -0.481 e. The summed E-state index contributed by atoms with van der Waals surface area (Å²) in [7, 11) is 0. The van der Waals surface area contributed by atoms with Crippen LogP contribution in [0.3, 0.4) is 0 Å². The summed E-state index contributed by atoms with van der Waals surface area (Å²) in [6, 6.07) is 0. The molecule has 1 rings (SSSR count). The van der Waals surface area contributed by atoms with Crippen LogP contribution in [0.25, 0.3) is 0 Å². The second-order valence-electron chi connectivity index (χ2n) is 6.23. The number of nitrogens with two attached hydrogens (primary N) is 1.